The van der Waals surface area contributed by atoms with E-state index in [1.165, 1.54) is 5.56 Å². The van der Waals surface area contributed by atoms with E-state index >= 15 is 0 Å². The van der Waals surface area contributed by atoms with Crippen molar-refractivity contribution in [3.63, 3.8) is 0 Å². The summed E-state index contributed by atoms with van der Waals surface area (Å²) in [6.45, 7) is 1.31. The molecule has 1 heterocycles. The van der Waals surface area contributed by atoms with Gasteiger partial charge in [-0.25, -0.2) is 0 Å². The molecule has 1 amide bonds. The van der Waals surface area contributed by atoms with Gasteiger partial charge in [-0.3, -0.25) is 4.79 Å². The highest BCUT2D eigenvalue weighted by Gasteiger charge is 2.16. The molecule has 0 fully saturated rings. The van der Waals surface area contributed by atoms with Gasteiger partial charge in [0.05, 0.1) is 6.26 Å². The lowest BCUT2D eigenvalue weighted by Crippen LogP contribution is -2.24. The predicted molar refractivity (Wildman–Crippen MR) is 99.1 cm³/mol. The van der Waals surface area contributed by atoms with E-state index in [1.807, 2.05) is 68.7 Å². The molecule has 0 aliphatic heterocycles. The lowest BCUT2D eigenvalue weighted by atomic mass is 10.1. The first kappa shape index (κ1) is 17.0. The van der Waals surface area contributed by atoms with E-state index < -0.39 is 0 Å². The molecular weight excluding hydrogens is 312 g/mol. The summed E-state index contributed by atoms with van der Waals surface area (Å²) in [4.78, 5) is 14.7. The highest BCUT2D eigenvalue weighted by molar-refractivity contribution is 5.98. The van der Waals surface area contributed by atoms with Gasteiger partial charge in [0.1, 0.15) is 0 Å². The van der Waals surface area contributed by atoms with Crippen LogP contribution in [0.25, 0.3) is 11.1 Å². The van der Waals surface area contributed by atoms with Crippen LogP contribution in [0.4, 0.5) is 0 Å². The third kappa shape index (κ3) is 4.17. The van der Waals surface area contributed by atoms with Crippen LogP contribution in [0.1, 0.15) is 21.7 Å². The summed E-state index contributed by atoms with van der Waals surface area (Å²) in [5.74, 6) is 0.139. The largest absolute Gasteiger partial charge is 0.459 e. The number of carbonyl (C=O) groups excluding carboxylic acids is 1. The molecule has 0 unspecified atom stereocenters. The summed E-state index contributed by atoms with van der Waals surface area (Å²) in [5.41, 5.74) is 4.09. The normalized spacial score (nSPS) is 10.8. The van der Waals surface area contributed by atoms with Crippen molar-refractivity contribution in [1.82, 2.24) is 10.2 Å². The molecule has 1 N–H and O–H groups in total. The van der Waals surface area contributed by atoms with Crippen molar-refractivity contribution >= 4 is 5.91 Å². The van der Waals surface area contributed by atoms with Crippen molar-refractivity contribution in [2.24, 2.45) is 0 Å². The van der Waals surface area contributed by atoms with Gasteiger partial charge in [0.15, 0.2) is 5.76 Å². The highest BCUT2D eigenvalue weighted by atomic mass is 16.3. The molecular formula is C21H22N2O2. The molecule has 0 atom stereocenters. The van der Waals surface area contributed by atoms with Crippen molar-refractivity contribution in [2.75, 3.05) is 14.1 Å². The molecule has 4 heteroatoms. The zero-order valence-corrected chi connectivity index (χ0v) is 14.5. The molecule has 4 nitrogen and oxygen atoms in total. The van der Waals surface area contributed by atoms with Gasteiger partial charge in [0.2, 0.25) is 0 Å². The number of hydrogen-bond acceptors (Lipinski definition) is 3. The van der Waals surface area contributed by atoms with Crippen LogP contribution in [0.15, 0.2) is 71.3 Å². The molecule has 0 bridgehead atoms. The molecule has 0 saturated carbocycles. The van der Waals surface area contributed by atoms with Gasteiger partial charge < -0.3 is 14.6 Å². The van der Waals surface area contributed by atoms with Crippen LogP contribution in [-0.4, -0.2) is 24.9 Å². The number of benzene rings is 2. The molecule has 0 aliphatic rings. The second-order valence-electron chi connectivity index (χ2n) is 6.22. The first-order chi connectivity index (χ1) is 12.1. The summed E-state index contributed by atoms with van der Waals surface area (Å²) in [5, 5.41) is 2.97. The Morgan fingerprint density at radius 2 is 1.64 bits per heavy atom. The van der Waals surface area contributed by atoms with Crippen LogP contribution in [0, 0.1) is 0 Å². The minimum absolute atomic E-state index is 0.205. The van der Waals surface area contributed by atoms with Gasteiger partial charge in [0.25, 0.3) is 5.91 Å². The zero-order chi connectivity index (χ0) is 17.6. The zero-order valence-electron chi connectivity index (χ0n) is 14.5. The molecule has 0 saturated heterocycles. The standard InChI is InChI=1S/C21H22N2O2/c1-23(2)15-18-11-7-6-10-17(18)14-22-21(24)20-19(12-13-25-20)16-8-4-3-5-9-16/h3-13H,14-15H2,1-2H3,(H,22,24). The summed E-state index contributed by atoms with van der Waals surface area (Å²) < 4.78 is 5.44. The fourth-order valence-corrected chi connectivity index (χ4v) is 2.81. The monoisotopic (exact) mass is 334 g/mol. The van der Waals surface area contributed by atoms with Crippen molar-refractivity contribution in [3.8, 4) is 11.1 Å². The van der Waals surface area contributed by atoms with Crippen molar-refractivity contribution in [3.05, 3.63) is 83.8 Å². The molecule has 0 spiro atoms. The van der Waals surface area contributed by atoms with Gasteiger partial charge in [-0.15, -0.1) is 0 Å². The summed E-state index contributed by atoms with van der Waals surface area (Å²) in [6.07, 6.45) is 1.55. The lowest BCUT2D eigenvalue weighted by molar-refractivity contribution is 0.0924. The van der Waals surface area contributed by atoms with E-state index in [1.54, 1.807) is 6.26 Å². The maximum atomic E-state index is 12.6. The van der Waals surface area contributed by atoms with Crippen LogP contribution in [0.2, 0.25) is 0 Å². The minimum atomic E-state index is -0.205. The number of furan rings is 1. The Labute approximate surface area is 148 Å². The average molecular weight is 334 g/mol. The molecule has 3 rings (SSSR count). The first-order valence-corrected chi connectivity index (χ1v) is 8.28. The Hall–Kier alpha value is -2.85. The molecule has 0 aliphatic carbocycles. The van der Waals surface area contributed by atoms with Crippen molar-refractivity contribution < 1.29 is 9.21 Å². The third-order valence-corrected chi connectivity index (χ3v) is 4.00. The van der Waals surface area contributed by atoms with Gasteiger partial charge in [-0.2, -0.15) is 0 Å². The average Bonchev–Trinajstić information content (AvgIpc) is 3.11. The minimum Gasteiger partial charge on any atom is -0.459 e. The van der Waals surface area contributed by atoms with Crippen LogP contribution in [-0.2, 0) is 13.1 Å². The Bertz CT molecular complexity index is 838. The second-order valence-corrected chi connectivity index (χ2v) is 6.22. The van der Waals surface area contributed by atoms with Gasteiger partial charge in [-0.1, -0.05) is 54.6 Å². The molecule has 0 radical (unpaired) electrons. The highest BCUT2D eigenvalue weighted by Crippen LogP contribution is 2.24. The van der Waals surface area contributed by atoms with Crippen LogP contribution >= 0.6 is 0 Å². The number of rotatable bonds is 6. The Kier molecular flexibility index (Phi) is 5.31. The number of hydrogen-bond donors (Lipinski definition) is 1. The van der Waals surface area contributed by atoms with Gasteiger partial charge >= 0.3 is 0 Å². The first-order valence-electron chi connectivity index (χ1n) is 8.28. The molecule has 1 aromatic heterocycles. The van der Waals surface area contributed by atoms with Crippen LogP contribution in [0.5, 0.6) is 0 Å². The topological polar surface area (TPSA) is 45.5 Å². The second kappa shape index (κ2) is 7.81. The van der Waals surface area contributed by atoms with E-state index in [-0.39, 0.29) is 5.91 Å². The van der Waals surface area contributed by atoms with E-state index in [4.69, 9.17) is 4.42 Å². The van der Waals surface area contributed by atoms with Crippen molar-refractivity contribution in [2.45, 2.75) is 13.1 Å². The Morgan fingerprint density at radius 3 is 2.36 bits per heavy atom. The lowest BCUT2D eigenvalue weighted by Gasteiger charge is -2.14. The van der Waals surface area contributed by atoms with E-state index in [0.29, 0.717) is 12.3 Å². The molecule has 3 aromatic rings. The van der Waals surface area contributed by atoms with Gasteiger partial charge in [-0.05, 0) is 36.9 Å². The summed E-state index contributed by atoms with van der Waals surface area (Å²) in [6, 6.07) is 19.7. The molecule has 25 heavy (non-hydrogen) atoms. The number of carbonyl (C=O) groups is 1. The SMILES string of the molecule is CN(C)Cc1ccccc1CNC(=O)c1occc1-c1ccccc1. The summed E-state index contributed by atoms with van der Waals surface area (Å²) in [7, 11) is 4.06. The quantitative estimate of drug-likeness (QED) is 0.743. The Morgan fingerprint density at radius 1 is 0.960 bits per heavy atom. The number of nitrogens with zero attached hydrogens (tertiary/aromatic N) is 1. The Balaban J connectivity index is 1.74. The molecule has 128 valence electrons. The van der Waals surface area contributed by atoms with Crippen LogP contribution in [0.3, 0.4) is 0 Å². The third-order valence-electron chi connectivity index (χ3n) is 4.00. The smallest absolute Gasteiger partial charge is 0.287 e. The fraction of sp³-hybridized carbons (Fsp3) is 0.190. The maximum Gasteiger partial charge on any atom is 0.287 e. The number of amides is 1. The number of nitrogens with one attached hydrogen (secondary N) is 1. The molecule has 2 aromatic carbocycles. The van der Waals surface area contributed by atoms with Crippen molar-refractivity contribution in [1.29, 1.82) is 0 Å². The van der Waals surface area contributed by atoms with Crippen LogP contribution < -0.4 is 5.32 Å². The van der Waals surface area contributed by atoms with E-state index in [2.05, 4.69) is 16.3 Å². The fourth-order valence-electron chi connectivity index (χ4n) is 2.81. The maximum absolute atomic E-state index is 12.6. The predicted octanol–water partition coefficient (Wildman–Crippen LogP) is 3.94. The van der Waals surface area contributed by atoms with Gasteiger partial charge in [0, 0.05) is 18.7 Å². The van der Waals surface area contributed by atoms with E-state index in [9.17, 15) is 4.79 Å². The van der Waals surface area contributed by atoms with E-state index in [0.717, 1.165) is 23.2 Å². The summed E-state index contributed by atoms with van der Waals surface area (Å²) >= 11 is 0.